The van der Waals surface area contributed by atoms with Crippen molar-refractivity contribution in [3.8, 4) is 0 Å². The van der Waals surface area contributed by atoms with Crippen LogP contribution >= 0.6 is 15.5 Å². The van der Waals surface area contributed by atoms with E-state index in [1.165, 1.54) is 0 Å². The average Bonchev–Trinajstić information content (AvgIpc) is 2.34. The van der Waals surface area contributed by atoms with Crippen LogP contribution in [-0.4, -0.2) is 37.0 Å². The SMILES string of the molecule is CC(C)(CCCC[S+]([O-])CCCCC(C)(C)OP(N)(=O)O)OP(N)(=O)O. The third kappa shape index (κ3) is 16.7. The van der Waals surface area contributed by atoms with Crippen LogP contribution in [0.25, 0.3) is 0 Å². The Morgan fingerprint density at radius 1 is 0.846 bits per heavy atom. The van der Waals surface area contributed by atoms with E-state index >= 15 is 0 Å². The molecule has 0 rings (SSSR count). The lowest BCUT2D eigenvalue weighted by Gasteiger charge is -2.26. The first-order valence-electron chi connectivity index (χ1n) is 8.51. The van der Waals surface area contributed by atoms with Crippen LogP contribution in [-0.2, 0) is 29.4 Å². The summed E-state index contributed by atoms with van der Waals surface area (Å²) in [6.45, 7) is 6.76. The average molecular weight is 436 g/mol. The second kappa shape index (κ2) is 10.9. The van der Waals surface area contributed by atoms with Crippen molar-refractivity contribution in [2.45, 2.75) is 77.4 Å². The van der Waals surface area contributed by atoms with Crippen molar-refractivity contribution in [1.29, 1.82) is 0 Å². The van der Waals surface area contributed by atoms with Crippen molar-refractivity contribution in [2.24, 2.45) is 11.0 Å². The first kappa shape index (κ1) is 26.5. The second-order valence-electron chi connectivity index (χ2n) is 7.59. The van der Waals surface area contributed by atoms with Gasteiger partial charge in [-0.05, 0) is 66.2 Å². The summed E-state index contributed by atoms with van der Waals surface area (Å²) in [6.07, 6.45) is 3.93. The summed E-state index contributed by atoms with van der Waals surface area (Å²) in [5.74, 6) is 1.09. The predicted octanol–water partition coefficient (Wildman–Crippen LogP) is 2.78. The quantitative estimate of drug-likeness (QED) is 0.182. The zero-order chi connectivity index (χ0) is 20.6. The van der Waals surface area contributed by atoms with Gasteiger partial charge in [-0.1, -0.05) is 11.2 Å². The van der Waals surface area contributed by atoms with Crippen molar-refractivity contribution in [3.63, 3.8) is 0 Å². The van der Waals surface area contributed by atoms with Gasteiger partial charge in [0.25, 0.3) is 0 Å². The molecule has 0 heterocycles. The van der Waals surface area contributed by atoms with Gasteiger partial charge < -0.3 is 14.3 Å². The lowest BCUT2D eigenvalue weighted by molar-refractivity contribution is 0.0804. The van der Waals surface area contributed by atoms with E-state index in [0.29, 0.717) is 37.2 Å². The molecule has 0 saturated carbocycles. The second-order valence-corrected chi connectivity index (χ2v) is 11.9. The summed E-state index contributed by atoms with van der Waals surface area (Å²) in [4.78, 5) is 18.1. The molecule has 6 N–H and O–H groups in total. The summed E-state index contributed by atoms with van der Waals surface area (Å²) < 4.78 is 44.0. The van der Waals surface area contributed by atoms with Crippen molar-refractivity contribution < 1.29 is 32.5 Å². The topological polar surface area (TPSA) is 168 Å². The van der Waals surface area contributed by atoms with Gasteiger partial charge in [0, 0.05) is 0 Å². The first-order valence-corrected chi connectivity index (χ1v) is 13.3. The van der Waals surface area contributed by atoms with E-state index in [4.69, 9.17) is 29.8 Å². The molecule has 0 aromatic rings. The van der Waals surface area contributed by atoms with Crippen LogP contribution < -0.4 is 11.0 Å². The molecule has 0 fully saturated rings. The number of hydrogen-bond donors (Lipinski definition) is 4. The summed E-state index contributed by atoms with van der Waals surface area (Å²) in [5, 5.41) is 0. The van der Waals surface area contributed by atoms with Crippen LogP contribution in [0.4, 0.5) is 0 Å². The van der Waals surface area contributed by atoms with E-state index in [1.54, 1.807) is 27.7 Å². The van der Waals surface area contributed by atoms with Crippen molar-refractivity contribution in [3.05, 3.63) is 0 Å². The minimum absolute atomic E-state index is 0.539. The van der Waals surface area contributed by atoms with Gasteiger partial charge in [-0.2, -0.15) is 0 Å². The Balaban J connectivity index is 3.89. The Bertz CT molecular complexity index is 464. The highest BCUT2D eigenvalue weighted by Gasteiger charge is 2.28. The highest BCUT2D eigenvalue weighted by molar-refractivity contribution is 7.91. The Hall–Kier alpha value is 0.530. The molecule has 0 saturated heterocycles. The minimum atomic E-state index is -4.01. The van der Waals surface area contributed by atoms with Gasteiger partial charge in [0.2, 0.25) is 0 Å². The molecule has 0 radical (unpaired) electrons. The standard InChI is InChI=1S/C14H34N2O7P2S/c1-13(2,22-24(15,17)18)9-5-7-11-26(21)12-8-6-10-14(3,4)23-25(16,19)20/h5-12H2,1-4H3,(H3,15,17,18)(H3,16,19,20). The monoisotopic (exact) mass is 436 g/mol. The van der Waals surface area contributed by atoms with Crippen LogP contribution in [0.1, 0.15) is 66.2 Å². The highest BCUT2D eigenvalue weighted by atomic mass is 32.2. The van der Waals surface area contributed by atoms with Gasteiger partial charge in [0.15, 0.2) is 0 Å². The zero-order valence-corrected chi connectivity index (χ0v) is 18.7. The number of rotatable bonds is 14. The smallest absolute Gasteiger partial charge is 0.400 e. The number of unbranched alkanes of at least 4 members (excludes halogenated alkanes) is 2. The maximum Gasteiger partial charge on any atom is 0.400 e. The molecule has 158 valence electrons. The molecule has 12 heteroatoms. The fraction of sp³-hybridized carbons (Fsp3) is 1.00. The van der Waals surface area contributed by atoms with Gasteiger partial charge in [-0.15, -0.1) is 0 Å². The molecule has 0 amide bonds. The largest absolute Gasteiger partial charge is 0.616 e. The van der Waals surface area contributed by atoms with Crippen LogP contribution in [0, 0.1) is 0 Å². The molecule has 0 aromatic carbocycles. The van der Waals surface area contributed by atoms with Gasteiger partial charge in [-0.25, -0.2) is 20.1 Å². The van der Waals surface area contributed by atoms with Gasteiger partial charge in [0.05, 0.1) is 11.2 Å². The van der Waals surface area contributed by atoms with Crippen LogP contribution in [0.5, 0.6) is 0 Å². The normalized spacial score (nSPS) is 19.0. The minimum Gasteiger partial charge on any atom is -0.616 e. The van der Waals surface area contributed by atoms with Gasteiger partial charge in [0.1, 0.15) is 11.5 Å². The number of hydrogen-bond acceptors (Lipinski definition) is 5. The lowest BCUT2D eigenvalue weighted by atomic mass is 10.0. The molecular formula is C14H34N2O7P2S. The first-order chi connectivity index (χ1) is 11.5. The molecule has 0 bridgehead atoms. The third-order valence-corrected chi connectivity index (χ3v) is 6.56. The van der Waals surface area contributed by atoms with Gasteiger partial charge >= 0.3 is 15.5 Å². The number of nitrogens with two attached hydrogens (primary N) is 2. The van der Waals surface area contributed by atoms with E-state index in [0.717, 1.165) is 12.8 Å². The highest BCUT2D eigenvalue weighted by Crippen LogP contribution is 2.40. The fourth-order valence-electron chi connectivity index (χ4n) is 2.53. The Labute approximate surface area is 159 Å². The predicted molar refractivity (Wildman–Crippen MR) is 104 cm³/mol. The Morgan fingerprint density at radius 2 is 1.15 bits per heavy atom. The maximum atomic E-state index is 12.0. The zero-order valence-electron chi connectivity index (χ0n) is 16.0. The van der Waals surface area contributed by atoms with Crippen LogP contribution in [0.3, 0.4) is 0 Å². The van der Waals surface area contributed by atoms with Crippen LogP contribution in [0.2, 0.25) is 0 Å². The summed E-state index contributed by atoms with van der Waals surface area (Å²) in [7, 11) is -8.02. The molecule has 0 aromatic heterocycles. The van der Waals surface area contributed by atoms with Gasteiger partial charge in [-0.3, -0.25) is 9.05 Å². The Morgan fingerprint density at radius 3 is 1.42 bits per heavy atom. The van der Waals surface area contributed by atoms with E-state index in [9.17, 15) is 13.7 Å². The fourth-order valence-corrected chi connectivity index (χ4v) is 5.38. The molecule has 2 unspecified atom stereocenters. The van der Waals surface area contributed by atoms with E-state index in [2.05, 4.69) is 0 Å². The summed E-state index contributed by atoms with van der Waals surface area (Å²) in [5.41, 5.74) is 8.39. The third-order valence-electron chi connectivity index (χ3n) is 3.56. The Kier molecular flexibility index (Phi) is 11.1. The van der Waals surface area contributed by atoms with E-state index < -0.39 is 37.9 Å². The maximum absolute atomic E-state index is 12.0. The lowest BCUT2D eigenvalue weighted by Crippen LogP contribution is -2.25. The van der Waals surface area contributed by atoms with Crippen molar-refractivity contribution >= 4 is 26.7 Å². The molecule has 0 aliphatic rings. The van der Waals surface area contributed by atoms with E-state index in [1.807, 2.05) is 0 Å². The summed E-state index contributed by atoms with van der Waals surface area (Å²) >= 11 is -0.954. The molecule has 0 aliphatic carbocycles. The van der Waals surface area contributed by atoms with E-state index in [-0.39, 0.29) is 0 Å². The molecule has 9 nitrogen and oxygen atoms in total. The van der Waals surface area contributed by atoms with Crippen molar-refractivity contribution in [2.75, 3.05) is 11.5 Å². The molecule has 0 aliphatic heterocycles. The van der Waals surface area contributed by atoms with Crippen molar-refractivity contribution in [1.82, 2.24) is 0 Å². The molecule has 0 spiro atoms. The summed E-state index contributed by atoms with van der Waals surface area (Å²) in [6, 6.07) is 0. The van der Waals surface area contributed by atoms with Crippen LogP contribution in [0.15, 0.2) is 0 Å². The molecule has 2 atom stereocenters. The molecule has 26 heavy (non-hydrogen) atoms. The molecular weight excluding hydrogens is 402 g/mol.